The van der Waals surface area contributed by atoms with E-state index in [0.717, 1.165) is 9.98 Å². The van der Waals surface area contributed by atoms with Crippen molar-refractivity contribution in [3.63, 3.8) is 0 Å². The summed E-state index contributed by atoms with van der Waals surface area (Å²) in [7, 11) is 0. The minimum atomic E-state index is -0.778. The van der Waals surface area contributed by atoms with E-state index in [-0.39, 0.29) is 12.3 Å². The second kappa shape index (κ2) is 11.5. The molecule has 2 rings (SSSR count). The third-order valence-corrected chi connectivity index (χ3v) is 5.39. The maximum Gasteiger partial charge on any atom is 0.346 e. The Balaban J connectivity index is 2.16. The lowest BCUT2D eigenvalue weighted by atomic mass is 9.82. The molecule has 1 aliphatic heterocycles. The predicted octanol–water partition coefficient (Wildman–Crippen LogP) is 2.58. The average Bonchev–Trinajstić information content (AvgIpc) is 2.71. The molecule has 1 saturated heterocycles. The molecule has 1 aliphatic rings. The number of carbonyl (C=O) groups excluding carboxylic acids is 3. The number of rotatable bonds is 9. The van der Waals surface area contributed by atoms with Crippen molar-refractivity contribution in [1.82, 2.24) is 20.6 Å². The van der Waals surface area contributed by atoms with Gasteiger partial charge in [-0.15, -0.1) is 0 Å². The normalized spacial score (nSPS) is 16.4. The van der Waals surface area contributed by atoms with Crippen LogP contribution in [0.4, 0.5) is 4.79 Å². The van der Waals surface area contributed by atoms with Crippen LogP contribution in [0.15, 0.2) is 36.4 Å². The van der Waals surface area contributed by atoms with Gasteiger partial charge in [-0.3, -0.25) is 20.2 Å². The van der Waals surface area contributed by atoms with Gasteiger partial charge >= 0.3 is 6.03 Å². The highest BCUT2D eigenvalue weighted by molar-refractivity contribution is 7.97. The first-order chi connectivity index (χ1) is 13.9. The number of allylic oxidation sites excluding steroid dienone is 1. The second-order valence-corrected chi connectivity index (χ2v) is 8.23. The van der Waals surface area contributed by atoms with Gasteiger partial charge < -0.3 is 5.32 Å². The topological polar surface area (TPSA) is 111 Å². The number of urea groups is 1. The number of hydrazine groups is 1. The maximum atomic E-state index is 13.0. The highest BCUT2D eigenvalue weighted by atomic mass is 32.2. The minimum absolute atomic E-state index is 0.140. The zero-order valence-electron chi connectivity index (χ0n) is 16.6. The monoisotopic (exact) mass is 420 g/mol. The molecule has 158 valence electrons. The average molecular weight is 421 g/mol. The van der Waals surface area contributed by atoms with Crippen LogP contribution in [-0.2, 0) is 9.59 Å². The minimum Gasteiger partial charge on any atom is -0.335 e. The van der Waals surface area contributed by atoms with Gasteiger partial charge in [0.25, 0.3) is 0 Å². The van der Waals surface area contributed by atoms with Gasteiger partial charge in [0.1, 0.15) is 0 Å². The zero-order chi connectivity index (χ0) is 21.2. The summed E-state index contributed by atoms with van der Waals surface area (Å²) in [4.78, 5) is 37.2. The van der Waals surface area contributed by atoms with E-state index in [9.17, 15) is 19.6 Å². The standard InChI is InChI=1S/C20H28N4O4S/c1-14(2)13-17(18(25)22-24-20(27)21-11-12-29-24)16(19(26)23-28)10-6-9-15-7-4-3-5-8-15/h3-9,14,16-17,28H,10-13H2,1-2H3,(H,21,27)(H,22,25)(H,23,26)/b9-6+/t16-,17+/m0/s1. The molecule has 4 amide bonds. The van der Waals surface area contributed by atoms with E-state index in [0.29, 0.717) is 18.7 Å². The van der Waals surface area contributed by atoms with Gasteiger partial charge in [-0.25, -0.2) is 10.3 Å². The highest BCUT2D eigenvalue weighted by Gasteiger charge is 2.35. The first-order valence-electron chi connectivity index (χ1n) is 9.59. The Bertz CT molecular complexity index is 726. The van der Waals surface area contributed by atoms with Crippen molar-refractivity contribution in [1.29, 1.82) is 0 Å². The third-order valence-electron chi connectivity index (χ3n) is 4.49. The Morgan fingerprint density at radius 3 is 2.59 bits per heavy atom. The third kappa shape index (κ3) is 7.10. The molecular formula is C20H28N4O4S. The largest absolute Gasteiger partial charge is 0.346 e. The molecule has 0 spiro atoms. The smallest absolute Gasteiger partial charge is 0.335 e. The van der Waals surface area contributed by atoms with Crippen LogP contribution in [0.25, 0.3) is 6.08 Å². The fourth-order valence-electron chi connectivity index (χ4n) is 3.11. The lowest BCUT2D eigenvalue weighted by Gasteiger charge is -2.30. The Morgan fingerprint density at radius 1 is 1.24 bits per heavy atom. The summed E-state index contributed by atoms with van der Waals surface area (Å²) in [6, 6.07) is 9.20. The molecule has 0 bridgehead atoms. The van der Waals surface area contributed by atoms with Crippen molar-refractivity contribution < 1.29 is 19.6 Å². The van der Waals surface area contributed by atoms with Crippen LogP contribution in [0, 0.1) is 17.8 Å². The van der Waals surface area contributed by atoms with Gasteiger partial charge in [0.15, 0.2) is 0 Å². The molecule has 1 aromatic carbocycles. The fourth-order valence-corrected chi connectivity index (χ4v) is 3.82. The van der Waals surface area contributed by atoms with Crippen molar-refractivity contribution in [3.05, 3.63) is 42.0 Å². The molecule has 0 radical (unpaired) electrons. The highest BCUT2D eigenvalue weighted by Crippen LogP contribution is 2.26. The molecule has 2 atom stereocenters. The lowest BCUT2D eigenvalue weighted by molar-refractivity contribution is -0.141. The molecule has 9 heteroatoms. The number of carbonyl (C=O) groups is 3. The second-order valence-electron chi connectivity index (χ2n) is 7.20. The fraction of sp³-hybridized carbons (Fsp3) is 0.450. The van der Waals surface area contributed by atoms with Crippen LogP contribution in [0.1, 0.15) is 32.3 Å². The summed E-state index contributed by atoms with van der Waals surface area (Å²) >= 11 is 1.20. The predicted molar refractivity (Wildman–Crippen MR) is 112 cm³/mol. The van der Waals surface area contributed by atoms with Crippen LogP contribution < -0.4 is 16.2 Å². The van der Waals surface area contributed by atoms with Crippen LogP contribution >= 0.6 is 11.9 Å². The Morgan fingerprint density at radius 2 is 1.97 bits per heavy atom. The van der Waals surface area contributed by atoms with E-state index in [1.165, 1.54) is 11.9 Å². The molecule has 0 saturated carbocycles. The molecule has 0 aromatic heterocycles. The molecule has 1 heterocycles. The van der Waals surface area contributed by atoms with E-state index in [1.54, 1.807) is 5.48 Å². The number of nitrogens with zero attached hydrogens (tertiary/aromatic N) is 1. The van der Waals surface area contributed by atoms with E-state index in [1.807, 2.05) is 56.3 Å². The van der Waals surface area contributed by atoms with Crippen molar-refractivity contribution in [2.75, 3.05) is 12.3 Å². The molecule has 8 nitrogen and oxygen atoms in total. The van der Waals surface area contributed by atoms with Crippen molar-refractivity contribution in [3.8, 4) is 0 Å². The molecule has 0 unspecified atom stereocenters. The molecule has 1 fully saturated rings. The summed E-state index contributed by atoms with van der Waals surface area (Å²) in [5.41, 5.74) is 5.26. The Hall–Kier alpha value is -2.52. The van der Waals surface area contributed by atoms with Gasteiger partial charge in [-0.05, 0) is 36.3 Å². The SMILES string of the molecule is CC(C)C[C@@H](C(=O)NN1SCCNC1=O)[C@H](C/C=C/c1ccccc1)C(=O)NO. The Kier molecular flexibility index (Phi) is 9.01. The van der Waals surface area contributed by atoms with E-state index >= 15 is 0 Å². The van der Waals surface area contributed by atoms with Gasteiger partial charge in [-0.2, -0.15) is 4.41 Å². The molecule has 4 N–H and O–H groups in total. The zero-order valence-corrected chi connectivity index (χ0v) is 17.4. The summed E-state index contributed by atoms with van der Waals surface area (Å²) in [6.45, 7) is 4.44. The summed E-state index contributed by atoms with van der Waals surface area (Å²) in [5, 5.41) is 11.9. The van der Waals surface area contributed by atoms with Gasteiger partial charge in [0.05, 0.1) is 11.8 Å². The number of hydrogen-bond donors (Lipinski definition) is 4. The maximum absolute atomic E-state index is 13.0. The number of nitrogens with one attached hydrogen (secondary N) is 3. The van der Waals surface area contributed by atoms with Gasteiger partial charge in [-0.1, -0.05) is 56.3 Å². The first kappa shape index (κ1) is 22.8. The van der Waals surface area contributed by atoms with E-state index in [4.69, 9.17) is 0 Å². The van der Waals surface area contributed by atoms with Crippen molar-refractivity contribution >= 4 is 35.9 Å². The summed E-state index contributed by atoms with van der Waals surface area (Å²) in [5.74, 6) is -1.76. The Labute approximate surface area is 175 Å². The number of hydroxylamine groups is 1. The lowest BCUT2D eigenvalue weighted by Crippen LogP contribution is -2.53. The van der Waals surface area contributed by atoms with Crippen LogP contribution in [0.2, 0.25) is 0 Å². The van der Waals surface area contributed by atoms with Crippen LogP contribution in [-0.4, -0.2) is 39.8 Å². The van der Waals surface area contributed by atoms with E-state index < -0.39 is 29.7 Å². The molecule has 29 heavy (non-hydrogen) atoms. The van der Waals surface area contributed by atoms with E-state index in [2.05, 4.69) is 10.7 Å². The van der Waals surface area contributed by atoms with Crippen molar-refractivity contribution in [2.24, 2.45) is 17.8 Å². The summed E-state index contributed by atoms with van der Waals surface area (Å²) < 4.78 is 1.16. The van der Waals surface area contributed by atoms with Crippen LogP contribution in [0.3, 0.4) is 0 Å². The number of amides is 4. The molecule has 1 aromatic rings. The summed E-state index contributed by atoms with van der Waals surface area (Å²) in [6.07, 6.45) is 4.39. The van der Waals surface area contributed by atoms with Gasteiger partial charge in [0, 0.05) is 12.3 Å². The number of hydrogen-bond acceptors (Lipinski definition) is 5. The van der Waals surface area contributed by atoms with Crippen LogP contribution in [0.5, 0.6) is 0 Å². The number of benzene rings is 1. The molecule has 0 aliphatic carbocycles. The molecular weight excluding hydrogens is 392 g/mol. The quantitative estimate of drug-likeness (QED) is 0.279. The van der Waals surface area contributed by atoms with Crippen molar-refractivity contribution in [2.45, 2.75) is 26.7 Å². The first-order valence-corrected chi connectivity index (χ1v) is 10.5. The van der Waals surface area contributed by atoms with Gasteiger partial charge in [0.2, 0.25) is 11.8 Å².